The van der Waals surface area contributed by atoms with Gasteiger partial charge in [0.2, 0.25) is 0 Å². The fraction of sp³-hybridized carbons (Fsp3) is 0.667. The Kier molecular flexibility index (Phi) is 8.40. The minimum atomic E-state index is -0.565. The molecule has 3 aliphatic rings. The SMILES string of the molecule is O=C(OC1CCCCC1)c1ccc(C(=O)OC2CCCCC2)c(C(=O)OC2CCCCC2)c1. The van der Waals surface area contributed by atoms with E-state index in [9.17, 15) is 14.4 Å². The van der Waals surface area contributed by atoms with E-state index in [1.807, 2.05) is 0 Å². The van der Waals surface area contributed by atoms with E-state index in [4.69, 9.17) is 14.2 Å². The standard InChI is InChI=1S/C27H36O6/c28-25(31-20-10-4-1-5-11-20)19-16-17-23(26(29)32-21-12-6-2-7-13-21)24(18-19)27(30)33-22-14-8-3-9-15-22/h16-18,20-22H,1-15H2. The van der Waals surface area contributed by atoms with Crippen LogP contribution < -0.4 is 0 Å². The third-order valence-electron chi connectivity index (χ3n) is 7.17. The molecule has 0 atom stereocenters. The van der Waals surface area contributed by atoms with Gasteiger partial charge in [-0.25, -0.2) is 14.4 Å². The Morgan fingerprint density at radius 2 is 0.909 bits per heavy atom. The second-order valence-electron chi connectivity index (χ2n) is 9.76. The van der Waals surface area contributed by atoms with E-state index in [-0.39, 0.29) is 35.0 Å². The summed E-state index contributed by atoms with van der Waals surface area (Å²) >= 11 is 0. The molecule has 4 rings (SSSR count). The molecule has 0 amide bonds. The highest BCUT2D eigenvalue weighted by atomic mass is 16.6. The first kappa shape index (κ1) is 23.8. The normalized spacial score (nSPS) is 20.7. The fourth-order valence-electron chi connectivity index (χ4n) is 5.22. The Balaban J connectivity index is 1.52. The second-order valence-corrected chi connectivity index (χ2v) is 9.76. The molecule has 6 nitrogen and oxygen atoms in total. The predicted molar refractivity (Wildman–Crippen MR) is 123 cm³/mol. The van der Waals surface area contributed by atoms with E-state index >= 15 is 0 Å². The van der Waals surface area contributed by atoms with Crippen LogP contribution in [0.2, 0.25) is 0 Å². The highest BCUT2D eigenvalue weighted by Crippen LogP contribution is 2.26. The number of hydrogen-bond acceptors (Lipinski definition) is 6. The second kappa shape index (κ2) is 11.7. The number of hydrogen-bond donors (Lipinski definition) is 0. The molecular formula is C27H36O6. The van der Waals surface area contributed by atoms with Crippen LogP contribution in [0.25, 0.3) is 0 Å². The smallest absolute Gasteiger partial charge is 0.339 e. The summed E-state index contributed by atoms with van der Waals surface area (Å²) in [5.41, 5.74) is 0.528. The minimum Gasteiger partial charge on any atom is -0.459 e. The number of carbonyl (C=O) groups excluding carboxylic acids is 3. The van der Waals surface area contributed by atoms with Crippen molar-refractivity contribution in [1.29, 1.82) is 0 Å². The van der Waals surface area contributed by atoms with Gasteiger partial charge in [-0.2, -0.15) is 0 Å². The van der Waals surface area contributed by atoms with Crippen LogP contribution in [0.4, 0.5) is 0 Å². The van der Waals surface area contributed by atoms with Crippen molar-refractivity contribution in [1.82, 2.24) is 0 Å². The zero-order chi connectivity index (χ0) is 23.0. The molecule has 0 N–H and O–H groups in total. The summed E-state index contributed by atoms with van der Waals surface area (Å²) in [6, 6.07) is 4.52. The molecule has 0 aliphatic heterocycles. The van der Waals surface area contributed by atoms with Crippen LogP contribution in [-0.4, -0.2) is 36.2 Å². The van der Waals surface area contributed by atoms with Crippen LogP contribution in [0.3, 0.4) is 0 Å². The first-order valence-electron chi connectivity index (χ1n) is 12.9. The van der Waals surface area contributed by atoms with Crippen molar-refractivity contribution in [2.24, 2.45) is 0 Å². The van der Waals surface area contributed by atoms with E-state index in [1.54, 1.807) is 6.07 Å². The lowest BCUT2D eigenvalue weighted by atomic mass is 9.97. The van der Waals surface area contributed by atoms with E-state index < -0.39 is 17.9 Å². The molecule has 180 valence electrons. The third kappa shape index (κ3) is 6.58. The molecule has 3 aliphatic carbocycles. The summed E-state index contributed by atoms with van der Waals surface area (Å²) in [6.07, 6.45) is 14.5. The Morgan fingerprint density at radius 1 is 0.515 bits per heavy atom. The summed E-state index contributed by atoms with van der Waals surface area (Å²) in [4.78, 5) is 38.9. The molecular weight excluding hydrogens is 420 g/mol. The van der Waals surface area contributed by atoms with Gasteiger partial charge in [-0.3, -0.25) is 0 Å². The van der Waals surface area contributed by atoms with Crippen LogP contribution in [-0.2, 0) is 14.2 Å². The van der Waals surface area contributed by atoms with Gasteiger partial charge in [-0.15, -0.1) is 0 Å². The molecule has 0 aromatic heterocycles. The minimum absolute atomic E-state index is 0.0835. The molecule has 6 heteroatoms. The maximum atomic E-state index is 13.1. The van der Waals surface area contributed by atoms with Crippen molar-refractivity contribution < 1.29 is 28.6 Å². The Labute approximate surface area is 196 Å². The molecule has 1 aromatic rings. The van der Waals surface area contributed by atoms with Crippen LogP contribution in [0.5, 0.6) is 0 Å². The average Bonchev–Trinajstić information content (AvgIpc) is 2.85. The summed E-state index contributed by atoms with van der Waals surface area (Å²) in [6.45, 7) is 0. The average molecular weight is 457 g/mol. The molecule has 3 saturated carbocycles. The lowest BCUT2D eigenvalue weighted by Crippen LogP contribution is -2.26. The van der Waals surface area contributed by atoms with Crippen molar-refractivity contribution >= 4 is 17.9 Å². The summed E-state index contributed by atoms with van der Waals surface area (Å²) in [7, 11) is 0. The third-order valence-corrected chi connectivity index (χ3v) is 7.17. The monoisotopic (exact) mass is 456 g/mol. The van der Waals surface area contributed by atoms with Gasteiger partial charge >= 0.3 is 17.9 Å². The zero-order valence-corrected chi connectivity index (χ0v) is 19.5. The maximum Gasteiger partial charge on any atom is 0.339 e. The highest BCUT2D eigenvalue weighted by molar-refractivity contribution is 6.05. The van der Waals surface area contributed by atoms with E-state index in [0.717, 1.165) is 89.9 Å². The van der Waals surface area contributed by atoms with Crippen molar-refractivity contribution in [2.75, 3.05) is 0 Å². The maximum absolute atomic E-state index is 13.1. The summed E-state index contributed by atoms with van der Waals surface area (Å²) in [5, 5.41) is 0. The number of ether oxygens (including phenoxy) is 3. The molecule has 0 heterocycles. The van der Waals surface area contributed by atoms with Crippen LogP contribution in [0, 0.1) is 0 Å². The number of esters is 3. The Bertz CT molecular complexity index is 829. The van der Waals surface area contributed by atoms with E-state index in [0.29, 0.717) is 0 Å². The number of carbonyl (C=O) groups is 3. The van der Waals surface area contributed by atoms with Crippen molar-refractivity contribution in [3.63, 3.8) is 0 Å². The molecule has 1 aromatic carbocycles. The van der Waals surface area contributed by atoms with Crippen molar-refractivity contribution in [2.45, 2.75) is 115 Å². The number of benzene rings is 1. The summed E-state index contributed by atoms with van der Waals surface area (Å²) < 4.78 is 17.1. The fourth-order valence-corrected chi connectivity index (χ4v) is 5.22. The van der Waals surface area contributed by atoms with E-state index in [1.165, 1.54) is 18.6 Å². The van der Waals surface area contributed by atoms with Gasteiger partial charge < -0.3 is 14.2 Å². The Hall–Kier alpha value is -2.37. The predicted octanol–water partition coefficient (Wildman–Crippen LogP) is 6.16. The van der Waals surface area contributed by atoms with Gasteiger partial charge in [0.25, 0.3) is 0 Å². The van der Waals surface area contributed by atoms with Gasteiger partial charge in [-0.05, 0) is 95.2 Å². The zero-order valence-electron chi connectivity index (χ0n) is 19.5. The quantitative estimate of drug-likeness (QED) is 0.377. The highest BCUT2D eigenvalue weighted by Gasteiger charge is 2.28. The molecule has 0 spiro atoms. The lowest BCUT2D eigenvalue weighted by molar-refractivity contribution is 0.0161. The Morgan fingerprint density at radius 3 is 1.36 bits per heavy atom. The molecule has 0 unspecified atom stereocenters. The first-order chi connectivity index (χ1) is 16.1. The van der Waals surface area contributed by atoms with Gasteiger partial charge in [0.15, 0.2) is 0 Å². The van der Waals surface area contributed by atoms with Crippen LogP contribution in [0.1, 0.15) is 127 Å². The molecule has 3 fully saturated rings. The largest absolute Gasteiger partial charge is 0.459 e. The molecule has 0 radical (unpaired) electrons. The lowest BCUT2D eigenvalue weighted by Gasteiger charge is -2.24. The molecule has 0 bridgehead atoms. The van der Waals surface area contributed by atoms with Crippen LogP contribution in [0.15, 0.2) is 18.2 Å². The van der Waals surface area contributed by atoms with Gasteiger partial charge in [-0.1, -0.05) is 19.3 Å². The van der Waals surface area contributed by atoms with Crippen molar-refractivity contribution in [3.05, 3.63) is 34.9 Å². The van der Waals surface area contributed by atoms with Gasteiger partial charge in [0.1, 0.15) is 18.3 Å². The van der Waals surface area contributed by atoms with Gasteiger partial charge in [0, 0.05) is 0 Å². The van der Waals surface area contributed by atoms with Crippen LogP contribution >= 0.6 is 0 Å². The van der Waals surface area contributed by atoms with Gasteiger partial charge in [0.05, 0.1) is 16.7 Å². The molecule has 0 saturated heterocycles. The topological polar surface area (TPSA) is 78.9 Å². The molecule has 33 heavy (non-hydrogen) atoms. The summed E-state index contributed by atoms with van der Waals surface area (Å²) in [5.74, 6) is -1.55. The van der Waals surface area contributed by atoms with E-state index in [2.05, 4.69) is 0 Å². The van der Waals surface area contributed by atoms with Crippen molar-refractivity contribution in [3.8, 4) is 0 Å². The first-order valence-corrected chi connectivity index (χ1v) is 12.9. The number of rotatable bonds is 6.